The summed E-state index contributed by atoms with van der Waals surface area (Å²) in [5.74, 6) is -0.547. The van der Waals surface area contributed by atoms with Gasteiger partial charge in [0, 0.05) is 54.6 Å². The van der Waals surface area contributed by atoms with Crippen LogP contribution in [0.15, 0.2) is 63.5 Å². The highest BCUT2D eigenvalue weighted by Crippen LogP contribution is 2.32. The quantitative estimate of drug-likeness (QED) is 0.250. The van der Waals surface area contributed by atoms with E-state index in [4.69, 9.17) is 16.3 Å². The maximum absolute atomic E-state index is 14.0. The van der Waals surface area contributed by atoms with E-state index in [2.05, 4.69) is 21.8 Å². The molecule has 2 aliphatic heterocycles. The molecule has 3 aromatic rings. The lowest BCUT2D eigenvalue weighted by atomic mass is 9.96. The van der Waals surface area contributed by atoms with Crippen molar-refractivity contribution in [1.29, 1.82) is 0 Å². The Morgan fingerprint density at radius 3 is 2.55 bits per heavy atom. The number of carbonyl (C=O) groups excluding carboxylic acids is 1. The maximum atomic E-state index is 14.0. The van der Waals surface area contributed by atoms with Gasteiger partial charge in [0.25, 0.3) is 11.2 Å². The van der Waals surface area contributed by atoms with Crippen LogP contribution in [0.2, 0.25) is 5.02 Å². The van der Waals surface area contributed by atoms with Crippen molar-refractivity contribution in [2.45, 2.75) is 19.9 Å². The molecule has 2 aromatic carbocycles. The lowest BCUT2D eigenvalue weighted by molar-refractivity contribution is -0.384. The summed E-state index contributed by atoms with van der Waals surface area (Å²) < 4.78 is 7.18. The standard InChI is InChI=1S/C28H28ClN5O5S/c1-4-39-27(36)24-17(2)30-28-33(25(24)18-5-7-20(29)8-6-18)26(35)23(40-28)16-19-15-21(34(37)38)9-10-22(19)32-13-11-31(3)12-14-32/h5-10,15-16,25H,4,11-14H2,1-3H3/t25-/m0/s1. The van der Waals surface area contributed by atoms with Gasteiger partial charge in [0.05, 0.1) is 33.4 Å². The fraction of sp³-hybridized carbons (Fsp3) is 0.321. The smallest absolute Gasteiger partial charge is 0.338 e. The third kappa shape index (κ3) is 5.32. The number of rotatable bonds is 6. The molecule has 0 spiro atoms. The number of hydrogen-bond donors (Lipinski definition) is 0. The monoisotopic (exact) mass is 581 g/mol. The molecular weight excluding hydrogens is 554 g/mol. The van der Waals surface area contributed by atoms with Gasteiger partial charge in [0.1, 0.15) is 0 Å². The van der Waals surface area contributed by atoms with Gasteiger partial charge in [-0.05, 0) is 50.7 Å². The van der Waals surface area contributed by atoms with Crippen LogP contribution < -0.4 is 19.8 Å². The average molecular weight is 582 g/mol. The van der Waals surface area contributed by atoms with Crippen LogP contribution in [-0.2, 0) is 9.53 Å². The van der Waals surface area contributed by atoms with E-state index in [0.717, 1.165) is 31.9 Å². The van der Waals surface area contributed by atoms with Gasteiger partial charge in [-0.2, -0.15) is 0 Å². The third-order valence-electron chi connectivity index (χ3n) is 7.06. The number of thiazole rings is 1. The predicted molar refractivity (Wildman–Crippen MR) is 155 cm³/mol. The summed E-state index contributed by atoms with van der Waals surface area (Å²) in [4.78, 5) is 47.6. The van der Waals surface area contributed by atoms with Gasteiger partial charge < -0.3 is 14.5 Å². The molecule has 12 heteroatoms. The zero-order chi connectivity index (χ0) is 28.6. The topological polar surface area (TPSA) is 110 Å². The number of ether oxygens (including phenoxy) is 1. The van der Waals surface area contributed by atoms with Gasteiger partial charge >= 0.3 is 5.97 Å². The van der Waals surface area contributed by atoms with Crippen LogP contribution in [0.1, 0.15) is 31.0 Å². The first-order valence-electron chi connectivity index (χ1n) is 12.8. The molecule has 1 saturated heterocycles. The Morgan fingerprint density at radius 2 is 1.90 bits per heavy atom. The number of benzene rings is 2. The molecule has 0 aliphatic carbocycles. The number of piperazine rings is 1. The first-order chi connectivity index (χ1) is 19.2. The second-order valence-corrected chi connectivity index (χ2v) is 11.1. The van der Waals surface area contributed by atoms with Crippen molar-refractivity contribution in [2.75, 3.05) is 44.7 Å². The highest BCUT2D eigenvalue weighted by Gasteiger charge is 2.33. The molecule has 0 saturated carbocycles. The van der Waals surface area contributed by atoms with Crippen LogP contribution in [-0.4, -0.2) is 60.2 Å². The van der Waals surface area contributed by atoms with Gasteiger partial charge in [0.15, 0.2) is 4.80 Å². The number of nitro groups is 1. The van der Waals surface area contributed by atoms with Crippen LogP contribution in [0, 0.1) is 10.1 Å². The molecule has 1 aromatic heterocycles. The Morgan fingerprint density at radius 1 is 1.20 bits per heavy atom. The summed E-state index contributed by atoms with van der Waals surface area (Å²) in [6, 6.07) is 10.9. The van der Waals surface area contributed by atoms with E-state index in [1.54, 1.807) is 50.3 Å². The molecule has 1 fully saturated rings. The number of carbonyl (C=O) groups is 1. The zero-order valence-electron chi connectivity index (χ0n) is 22.3. The normalized spacial score (nSPS) is 17.9. The Labute approximate surface area is 239 Å². The van der Waals surface area contributed by atoms with Gasteiger partial charge in [-0.25, -0.2) is 9.79 Å². The molecule has 0 radical (unpaired) electrons. The molecule has 208 valence electrons. The average Bonchev–Trinajstić information content (AvgIpc) is 3.23. The van der Waals surface area contributed by atoms with E-state index in [1.165, 1.54) is 28.0 Å². The van der Waals surface area contributed by atoms with Crippen molar-refractivity contribution in [2.24, 2.45) is 4.99 Å². The van der Waals surface area contributed by atoms with E-state index in [0.29, 0.717) is 31.2 Å². The number of likely N-dealkylation sites (N-methyl/N-ethyl adjacent to an activating group) is 1. The predicted octanol–water partition coefficient (Wildman–Crippen LogP) is 3.11. The van der Waals surface area contributed by atoms with Crippen molar-refractivity contribution in [3.8, 4) is 0 Å². The van der Waals surface area contributed by atoms with Gasteiger partial charge in [-0.3, -0.25) is 19.5 Å². The summed E-state index contributed by atoms with van der Waals surface area (Å²) in [5.41, 5.74) is 2.40. The second-order valence-electron chi connectivity index (χ2n) is 9.64. The highest BCUT2D eigenvalue weighted by molar-refractivity contribution is 7.07. The lowest BCUT2D eigenvalue weighted by Gasteiger charge is -2.34. The number of esters is 1. The van der Waals surface area contributed by atoms with Crippen LogP contribution >= 0.6 is 22.9 Å². The van der Waals surface area contributed by atoms with Gasteiger partial charge in [-0.1, -0.05) is 35.1 Å². The minimum atomic E-state index is -0.767. The number of non-ortho nitro benzene ring substituents is 1. The van der Waals surface area contributed by atoms with Crippen molar-refractivity contribution in [3.63, 3.8) is 0 Å². The number of nitro benzene ring substituents is 1. The fourth-order valence-electron chi connectivity index (χ4n) is 5.00. The van der Waals surface area contributed by atoms with Crippen LogP contribution in [0.5, 0.6) is 0 Å². The number of allylic oxidation sites excluding steroid dienone is 1. The molecular formula is C28H28ClN5O5S. The molecule has 10 nitrogen and oxygen atoms in total. The largest absolute Gasteiger partial charge is 0.463 e. The first kappa shape index (κ1) is 27.8. The molecule has 0 bridgehead atoms. The van der Waals surface area contributed by atoms with Crippen LogP contribution in [0.25, 0.3) is 6.08 Å². The molecule has 2 aliphatic rings. The highest BCUT2D eigenvalue weighted by atomic mass is 35.5. The molecule has 1 atom stereocenters. The van der Waals surface area contributed by atoms with E-state index >= 15 is 0 Å². The minimum Gasteiger partial charge on any atom is -0.463 e. The number of aromatic nitrogens is 1. The number of nitrogens with zero attached hydrogens (tertiary/aromatic N) is 5. The summed E-state index contributed by atoms with van der Waals surface area (Å²) >= 11 is 7.31. The number of halogens is 1. The SMILES string of the molecule is CCOC(=O)C1=C(C)N=c2sc(=Cc3cc([N+](=O)[O-])ccc3N3CCN(C)CC3)c(=O)n2[C@H]1c1ccc(Cl)cc1. The van der Waals surface area contributed by atoms with Gasteiger partial charge in [0.2, 0.25) is 0 Å². The lowest BCUT2D eigenvalue weighted by Crippen LogP contribution is -2.44. The summed E-state index contributed by atoms with van der Waals surface area (Å²) in [5, 5.41) is 12.1. The summed E-state index contributed by atoms with van der Waals surface area (Å²) in [7, 11) is 2.05. The number of fused-ring (bicyclic) bond motifs is 1. The first-order valence-corrected chi connectivity index (χ1v) is 14.0. The molecule has 40 heavy (non-hydrogen) atoms. The number of anilines is 1. The molecule has 3 heterocycles. The van der Waals surface area contributed by atoms with Crippen molar-refractivity contribution < 1.29 is 14.5 Å². The minimum absolute atomic E-state index is 0.0589. The zero-order valence-corrected chi connectivity index (χ0v) is 23.9. The van der Waals surface area contributed by atoms with E-state index in [1.807, 2.05) is 0 Å². The Balaban J connectivity index is 1.70. The van der Waals surface area contributed by atoms with Gasteiger partial charge in [-0.15, -0.1) is 0 Å². The van der Waals surface area contributed by atoms with Crippen LogP contribution in [0.3, 0.4) is 0 Å². The van der Waals surface area contributed by atoms with Crippen molar-refractivity contribution >= 4 is 46.4 Å². The van der Waals surface area contributed by atoms with Crippen LogP contribution in [0.4, 0.5) is 11.4 Å². The third-order valence-corrected chi connectivity index (χ3v) is 8.29. The summed E-state index contributed by atoms with van der Waals surface area (Å²) in [6.07, 6.45) is 1.69. The Bertz CT molecular complexity index is 1690. The Hall–Kier alpha value is -3.80. The summed E-state index contributed by atoms with van der Waals surface area (Å²) in [6.45, 7) is 6.85. The fourth-order valence-corrected chi connectivity index (χ4v) is 6.16. The second kappa shape index (κ2) is 11.4. The Kier molecular flexibility index (Phi) is 7.88. The molecule has 5 rings (SSSR count). The number of hydrogen-bond acceptors (Lipinski definition) is 9. The van der Waals surface area contributed by atoms with Crippen molar-refractivity contribution in [1.82, 2.24) is 9.47 Å². The van der Waals surface area contributed by atoms with Crippen molar-refractivity contribution in [3.05, 3.63) is 99.7 Å². The molecule has 0 N–H and O–H groups in total. The molecule has 0 amide bonds. The maximum Gasteiger partial charge on any atom is 0.338 e. The molecule has 0 unspecified atom stereocenters. The van der Waals surface area contributed by atoms with E-state index in [9.17, 15) is 19.7 Å². The van der Waals surface area contributed by atoms with E-state index in [-0.39, 0.29) is 23.4 Å². The van der Waals surface area contributed by atoms with E-state index < -0.39 is 16.9 Å².